The molecule has 4 aromatic rings. The zero-order chi connectivity index (χ0) is 19.7. The monoisotopic (exact) mass is 491 g/mol. The maximum absolute atomic E-state index is 4.10. The summed E-state index contributed by atoms with van der Waals surface area (Å²) in [4.78, 5) is 0. The Morgan fingerprint density at radius 1 is 0.857 bits per heavy atom. The van der Waals surface area contributed by atoms with E-state index in [4.69, 9.17) is 0 Å². The fourth-order valence-electron chi connectivity index (χ4n) is 3.64. The van der Waals surface area contributed by atoms with Gasteiger partial charge in [-0.15, -0.1) is 0 Å². The van der Waals surface area contributed by atoms with E-state index in [-0.39, 0.29) is 0 Å². The van der Waals surface area contributed by atoms with Gasteiger partial charge in [-0.3, -0.25) is 0 Å². The minimum absolute atomic E-state index is 1.07. The number of allylic oxidation sites excluding steroid dienone is 1. The molecule has 0 saturated heterocycles. The van der Waals surface area contributed by atoms with Gasteiger partial charge in [0.05, 0.1) is 11.2 Å². The van der Waals surface area contributed by atoms with Crippen molar-refractivity contribution in [2.24, 2.45) is 0 Å². The molecule has 28 heavy (non-hydrogen) atoms. The van der Waals surface area contributed by atoms with Gasteiger partial charge in [-0.25, -0.2) is 0 Å². The zero-order valence-electron chi connectivity index (χ0n) is 15.5. The molecule has 0 spiro atoms. The highest BCUT2D eigenvalue weighted by Crippen LogP contribution is 2.40. The van der Waals surface area contributed by atoms with Crippen LogP contribution in [0.15, 0.2) is 88.3 Å². The number of benzene rings is 3. The number of rotatable bonds is 4. The molecule has 0 aliphatic carbocycles. The summed E-state index contributed by atoms with van der Waals surface area (Å²) in [7, 11) is 0. The third-order valence-corrected chi connectivity index (χ3v) is 6.19. The van der Waals surface area contributed by atoms with Gasteiger partial charge in [0.2, 0.25) is 0 Å². The Morgan fingerprint density at radius 2 is 1.57 bits per heavy atom. The van der Waals surface area contributed by atoms with E-state index in [1.165, 1.54) is 10.9 Å². The summed E-state index contributed by atoms with van der Waals surface area (Å²) in [5, 5.41) is 1.19. The SMILES string of the molecule is C=Cc1c(/C=C\C)c2cc(Br)c(-c3ccccc3Br)cc2n1-c1ccccc1. The molecule has 0 aliphatic heterocycles. The van der Waals surface area contributed by atoms with Crippen LogP contribution < -0.4 is 0 Å². The van der Waals surface area contributed by atoms with Crippen LogP contribution in [-0.2, 0) is 0 Å². The van der Waals surface area contributed by atoms with Crippen LogP contribution in [0.5, 0.6) is 0 Å². The molecule has 0 amide bonds. The van der Waals surface area contributed by atoms with Crippen molar-refractivity contribution < 1.29 is 0 Å². The van der Waals surface area contributed by atoms with E-state index in [0.29, 0.717) is 0 Å². The van der Waals surface area contributed by atoms with Crippen LogP contribution >= 0.6 is 31.9 Å². The summed E-state index contributed by atoms with van der Waals surface area (Å²) in [6.07, 6.45) is 6.17. The molecule has 3 aromatic carbocycles. The van der Waals surface area contributed by atoms with Gasteiger partial charge in [0.1, 0.15) is 0 Å². The van der Waals surface area contributed by atoms with Crippen molar-refractivity contribution in [1.29, 1.82) is 0 Å². The van der Waals surface area contributed by atoms with Gasteiger partial charge in [-0.2, -0.15) is 0 Å². The van der Waals surface area contributed by atoms with E-state index in [0.717, 1.165) is 37.0 Å². The fourth-order valence-corrected chi connectivity index (χ4v) is 4.69. The third-order valence-electron chi connectivity index (χ3n) is 4.84. The minimum atomic E-state index is 1.07. The molecular weight excluding hydrogens is 474 g/mol. The maximum Gasteiger partial charge on any atom is 0.0548 e. The Kier molecular flexibility index (Phi) is 5.38. The molecule has 4 rings (SSSR count). The Morgan fingerprint density at radius 3 is 2.25 bits per heavy atom. The highest BCUT2D eigenvalue weighted by Gasteiger charge is 2.18. The molecule has 3 heteroatoms. The summed E-state index contributed by atoms with van der Waals surface area (Å²) >= 11 is 7.50. The second kappa shape index (κ2) is 7.94. The number of aromatic nitrogens is 1. The summed E-state index contributed by atoms with van der Waals surface area (Å²) in [6, 6.07) is 23.2. The summed E-state index contributed by atoms with van der Waals surface area (Å²) < 4.78 is 4.42. The highest BCUT2D eigenvalue weighted by atomic mass is 79.9. The van der Waals surface area contributed by atoms with Crippen LogP contribution in [0, 0.1) is 0 Å². The standard InChI is InChI=1S/C25H19Br2N/c1-3-10-19-21-15-23(27)20(18-13-8-9-14-22(18)26)16-25(21)28(24(19)4-2)17-11-6-5-7-12-17/h3-16H,2H2,1H3/b10-3-. The normalized spacial score (nSPS) is 11.4. The first-order valence-electron chi connectivity index (χ1n) is 9.09. The largest absolute Gasteiger partial charge is 0.309 e. The molecule has 1 aromatic heterocycles. The molecule has 0 bridgehead atoms. The van der Waals surface area contributed by atoms with E-state index in [1.807, 2.05) is 25.1 Å². The number of nitrogens with zero attached hydrogens (tertiary/aromatic N) is 1. The quantitative estimate of drug-likeness (QED) is 0.269. The molecule has 0 fully saturated rings. The van der Waals surface area contributed by atoms with Crippen molar-refractivity contribution in [2.75, 3.05) is 0 Å². The summed E-state index contributed by atoms with van der Waals surface area (Å²) in [6.45, 7) is 6.14. The lowest BCUT2D eigenvalue weighted by Crippen LogP contribution is -1.96. The van der Waals surface area contributed by atoms with Crippen LogP contribution in [0.3, 0.4) is 0 Å². The molecule has 0 atom stereocenters. The van der Waals surface area contributed by atoms with Crippen molar-refractivity contribution in [3.63, 3.8) is 0 Å². The molecule has 0 N–H and O–H groups in total. The van der Waals surface area contributed by atoms with E-state index in [1.54, 1.807) is 0 Å². The van der Waals surface area contributed by atoms with Crippen LogP contribution in [0.4, 0.5) is 0 Å². The third kappa shape index (κ3) is 3.19. The first-order valence-corrected chi connectivity index (χ1v) is 10.7. The molecule has 0 aliphatic rings. The predicted octanol–water partition coefficient (Wildman–Crippen LogP) is 8.50. The van der Waals surface area contributed by atoms with E-state index < -0.39 is 0 Å². The number of hydrogen-bond acceptors (Lipinski definition) is 0. The highest BCUT2D eigenvalue weighted by molar-refractivity contribution is 9.11. The Labute approximate surface area is 182 Å². The number of hydrogen-bond donors (Lipinski definition) is 0. The number of para-hydroxylation sites is 1. The van der Waals surface area contributed by atoms with Gasteiger partial charge in [0, 0.05) is 25.6 Å². The Balaban J connectivity index is 2.13. The second-order valence-electron chi connectivity index (χ2n) is 6.50. The number of fused-ring (bicyclic) bond motifs is 1. The Bertz CT molecular complexity index is 1200. The topological polar surface area (TPSA) is 4.93 Å². The summed E-state index contributed by atoms with van der Waals surface area (Å²) in [5.41, 5.74) is 6.86. The second-order valence-corrected chi connectivity index (χ2v) is 8.21. The fraction of sp³-hybridized carbons (Fsp3) is 0.0400. The van der Waals surface area contributed by atoms with Gasteiger partial charge in [0.25, 0.3) is 0 Å². The first-order chi connectivity index (χ1) is 13.7. The lowest BCUT2D eigenvalue weighted by molar-refractivity contribution is 1.11. The van der Waals surface area contributed by atoms with Gasteiger partial charge in [-0.05, 0) is 54.5 Å². The van der Waals surface area contributed by atoms with Crippen LogP contribution in [0.1, 0.15) is 18.2 Å². The molecule has 0 saturated carbocycles. The van der Waals surface area contributed by atoms with Crippen molar-refractivity contribution in [3.8, 4) is 16.8 Å². The molecule has 0 unspecified atom stereocenters. The average Bonchev–Trinajstić information content (AvgIpc) is 3.01. The van der Waals surface area contributed by atoms with E-state index in [2.05, 4.69) is 110 Å². The van der Waals surface area contributed by atoms with Gasteiger partial charge < -0.3 is 4.57 Å². The molecule has 1 heterocycles. The summed E-state index contributed by atoms with van der Waals surface area (Å²) in [5.74, 6) is 0. The van der Waals surface area contributed by atoms with Crippen molar-refractivity contribution in [1.82, 2.24) is 4.57 Å². The maximum atomic E-state index is 4.10. The molecule has 1 nitrogen and oxygen atoms in total. The van der Waals surface area contributed by atoms with Crippen molar-refractivity contribution >= 4 is 54.9 Å². The molecule has 138 valence electrons. The minimum Gasteiger partial charge on any atom is -0.309 e. The van der Waals surface area contributed by atoms with Crippen molar-refractivity contribution in [2.45, 2.75) is 6.92 Å². The van der Waals surface area contributed by atoms with Crippen LogP contribution in [0.25, 0.3) is 39.9 Å². The zero-order valence-corrected chi connectivity index (χ0v) is 18.7. The molecular formula is C25H19Br2N. The lowest BCUT2D eigenvalue weighted by atomic mass is 10.0. The predicted molar refractivity (Wildman–Crippen MR) is 129 cm³/mol. The number of halogens is 2. The van der Waals surface area contributed by atoms with E-state index in [9.17, 15) is 0 Å². The van der Waals surface area contributed by atoms with Crippen LogP contribution in [-0.4, -0.2) is 4.57 Å². The average molecular weight is 493 g/mol. The van der Waals surface area contributed by atoms with Crippen molar-refractivity contribution in [3.05, 3.63) is 99.6 Å². The van der Waals surface area contributed by atoms with Gasteiger partial charge in [-0.1, -0.05) is 87.0 Å². The van der Waals surface area contributed by atoms with Gasteiger partial charge in [0.15, 0.2) is 0 Å². The van der Waals surface area contributed by atoms with E-state index >= 15 is 0 Å². The Hall–Kier alpha value is -2.36. The smallest absolute Gasteiger partial charge is 0.0548 e. The van der Waals surface area contributed by atoms with Gasteiger partial charge >= 0.3 is 0 Å². The van der Waals surface area contributed by atoms with Crippen LogP contribution in [0.2, 0.25) is 0 Å². The first kappa shape index (κ1) is 19.0. The molecule has 0 radical (unpaired) electrons. The lowest BCUT2D eigenvalue weighted by Gasteiger charge is -2.12.